The predicted molar refractivity (Wildman–Crippen MR) is 325 cm³/mol. The van der Waals surface area contributed by atoms with Crippen molar-refractivity contribution in [3.8, 4) is 0 Å². The van der Waals surface area contributed by atoms with Gasteiger partial charge in [0.2, 0.25) is 0 Å². The smallest absolute Gasteiger partial charge is 0.306 e. The van der Waals surface area contributed by atoms with Crippen molar-refractivity contribution < 1.29 is 28.6 Å². The van der Waals surface area contributed by atoms with Gasteiger partial charge in [0.25, 0.3) is 0 Å². The molecule has 0 heterocycles. The van der Waals surface area contributed by atoms with Crippen LogP contribution in [-0.2, 0) is 28.6 Å². The molecule has 0 aliphatic rings. The lowest BCUT2D eigenvalue weighted by atomic mass is 10.1. The van der Waals surface area contributed by atoms with Crippen LogP contribution in [0.3, 0.4) is 0 Å². The molecule has 1 atom stereocenters. The van der Waals surface area contributed by atoms with Crippen molar-refractivity contribution in [3.05, 3.63) is 146 Å². The van der Waals surface area contributed by atoms with Crippen LogP contribution < -0.4 is 0 Å². The van der Waals surface area contributed by atoms with Gasteiger partial charge < -0.3 is 14.2 Å². The van der Waals surface area contributed by atoms with Crippen molar-refractivity contribution in [3.63, 3.8) is 0 Å². The third-order valence-electron chi connectivity index (χ3n) is 12.3. The first-order valence-electron chi connectivity index (χ1n) is 30.3. The molecule has 0 spiro atoms. The summed E-state index contributed by atoms with van der Waals surface area (Å²) in [6.45, 7) is 6.29. The van der Waals surface area contributed by atoms with E-state index in [1.165, 1.54) is 51.4 Å². The zero-order valence-corrected chi connectivity index (χ0v) is 48.3. The van der Waals surface area contributed by atoms with Gasteiger partial charge in [-0.25, -0.2) is 0 Å². The minimum absolute atomic E-state index is 0.0950. The second kappa shape index (κ2) is 61.8. The first kappa shape index (κ1) is 70.3. The Labute approximate surface area is 461 Å². The Morgan fingerprint density at radius 3 is 0.813 bits per heavy atom. The van der Waals surface area contributed by atoms with E-state index in [9.17, 15) is 14.4 Å². The van der Waals surface area contributed by atoms with Gasteiger partial charge in [-0.05, 0) is 122 Å². The van der Waals surface area contributed by atoms with Crippen LogP contribution in [0.1, 0.15) is 252 Å². The van der Waals surface area contributed by atoms with Crippen molar-refractivity contribution in [2.45, 2.75) is 258 Å². The number of esters is 3. The molecule has 0 aliphatic carbocycles. The van der Waals surface area contributed by atoms with Gasteiger partial charge in [-0.1, -0.05) is 256 Å². The number of rotatable bonds is 53. The summed E-state index contributed by atoms with van der Waals surface area (Å²) in [5.74, 6) is -0.943. The highest BCUT2D eigenvalue weighted by molar-refractivity contribution is 5.71. The summed E-state index contributed by atoms with van der Waals surface area (Å²) in [7, 11) is 0. The average Bonchev–Trinajstić information content (AvgIpc) is 3.41. The van der Waals surface area contributed by atoms with Gasteiger partial charge in [0.1, 0.15) is 13.2 Å². The first-order valence-corrected chi connectivity index (χ1v) is 30.3. The fourth-order valence-corrected chi connectivity index (χ4v) is 7.86. The molecule has 0 fully saturated rings. The lowest BCUT2D eigenvalue weighted by molar-refractivity contribution is -0.167. The summed E-state index contributed by atoms with van der Waals surface area (Å²) in [5, 5.41) is 0. The summed E-state index contributed by atoms with van der Waals surface area (Å²) < 4.78 is 16.7. The Hall–Kier alpha value is -4.71. The molecule has 1 unspecified atom stereocenters. The first-order chi connectivity index (χ1) is 37.0. The summed E-state index contributed by atoms with van der Waals surface area (Å²) in [6.07, 6.45) is 88.9. The fraction of sp³-hybridized carbons (Fsp3) is 0.609. The molecule has 422 valence electrons. The van der Waals surface area contributed by atoms with Crippen LogP contribution in [0.5, 0.6) is 0 Å². The molecule has 0 saturated carbocycles. The van der Waals surface area contributed by atoms with E-state index in [1.807, 2.05) is 0 Å². The van der Waals surface area contributed by atoms with Crippen LogP contribution in [0.2, 0.25) is 0 Å². The highest BCUT2D eigenvalue weighted by atomic mass is 16.6. The normalized spacial score (nSPS) is 13.2. The van der Waals surface area contributed by atoms with Crippen LogP contribution in [0, 0.1) is 0 Å². The number of carbonyl (C=O) groups excluding carboxylic acids is 3. The number of carbonyl (C=O) groups is 3. The summed E-state index contributed by atoms with van der Waals surface area (Å²) in [5.41, 5.74) is 0. The Morgan fingerprint density at radius 1 is 0.280 bits per heavy atom. The molecule has 0 radical (unpaired) electrons. The Balaban J connectivity index is 4.16. The maximum absolute atomic E-state index is 12.8. The summed E-state index contributed by atoms with van der Waals surface area (Å²) in [4.78, 5) is 37.9. The maximum atomic E-state index is 12.8. The van der Waals surface area contributed by atoms with E-state index in [0.717, 1.165) is 161 Å². The molecule has 6 heteroatoms. The zero-order chi connectivity index (χ0) is 54.3. The van der Waals surface area contributed by atoms with Crippen LogP contribution in [0.25, 0.3) is 0 Å². The van der Waals surface area contributed by atoms with Gasteiger partial charge in [-0.2, -0.15) is 0 Å². The molecule has 6 nitrogen and oxygen atoms in total. The summed E-state index contributed by atoms with van der Waals surface area (Å²) in [6, 6.07) is 0. The van der Waals surface area contributed by atoms with E-state index in [0.29, 0.717) is 19.3 Å². The van der Waals surface area contributed by atoms with Crippen molar-refractivity contribution in [1.29, 1.82) is 0 Å². The number of allylic oxidation sites excluding steroid dienone is 24. The third-order valence-corrected chi connectivity index (χ3v) is 12.3. The number of ether oxygens (including phenoxy) is 3. The number of unbranched alkanes of at least 4 members (excludes halogenated alkanes) is 18. The third kappa shape index (κ3) is 60.0. The van der Waals surface area contributed by atoms with Gasteiger partial charge in [-0.15, -0.1) is 0 Å². The molecule has 0 amide bonds. The minimum Gasteiger partial charge on any atom is -0.462 e. The SMILES string of the molecule is CC/C=C\C/C=C\C/C=C\C/C=C\C/C=C\C/C=C\CCCCCCCCCCCCC(=O)OCC(COC(=O)CCCCCCC)OC(=O)CCCCCC/C=C\C/C=C\C/C=C\C/C=C\C/C=C\C/C=C\CC. The maximum Gasteiger partial charge on any atom is 0.306 e. The van der Waals surface area contributed by atoms with E-state index >= 15 is 0 Å². The number of hydrogen-bond donors (Lipinski definition) is 0. The van der Waals surface area contributed by atoms with Crippen LogP contribution in [-0.4, -0.2) is 37.2 Å². The standard InChI is InChI=1S/C69H110O6/c1-4-7-10-13-15-17-19-21-23-25-27-29-31-32-33-34-35-36-38-39-41-43-45-47-49-51-53-56-59-62-68(71)74-65-66(64-73-67(70)61-58-55-12-9-6-3)75-69(72)63-60-57-54-52-50-48-46-44-42-40-37-30-28-26-24-22-20-18-16-14-11-8-5-2/h7-8,10-11,15-18,21-24,27-30,32-33,35-36,40,42,46,48,66H,4-6,9,12-14,19-20,25-26,31,34,37-39,41,43-45,47,49-65H2,1-3H3/b10-7-,11-8-,17-15-,18-16-,23-21-,24-22-,29-27-,30-28-,33-32-,36-35-,42-40-,48-46-. The second-order valence-corrected chi connectivity index (χ2v) is 19.5. The molecule has 0 aromatic rings. The van der Waals surface area contributed by atoms with Gasteiger partial charge in [0.15, 0.2) is 6.10 Å². The van der Waals surface area contributed by atoms with Crippen molar-refractivity contribution in [2.75, 3.05) is 13.2 Å². The topological polar surface area (TPSA) is 78.9 Å². The molecule has 75 heavy (non-hydrogen) atoms. The van der Waals surface area contributed by atoms with Crippen LogP contribution in [0.4, 0.5) is 0 Å². The van der Waals surface area contributed by atoms with E-state index < -0.39 is 6.10 Å². The highest BCUT2D eigenvalue weighted by Crippen LogP contribution is 2.14. The number of hydrogen-bond acceptors (Lipinski definition) is 6. The second-order valence-electron chi connectivity index (χ2n) is 19.5. The molecule has 0 bridgehead atoms. The van der Waals surface area contributed by atoms with Gasteiger partial charge >= 0.3 is 17.9 Å². The molecule has 0 saturated heterocycles. The van der Waals surface area contributed by atoms with Gasteiger partial charge in [0, 0.05) is 19.3 Å². The van der Waals surface area contributed by atoms with Gasteiger partial charge in [0.05, 0.1) is 0 Å². The molecule has 0 rings (SSSR count). The Morgan fingerprint density at radius 2 is 0.520 bits per heavy atom. The van der Waals surface area contributed by atoms with E-state index in [1.54, 1.807) is 0 Å². The molecule has 0 N–H and O–H groups in total. The monoisotopic (exact) mass is 1030 g/mol. The largest absolute Gasteiger partial charge is 0.462 e. The molecular formula is C69H110O6. The fourth-order valence-electron chi connectivity index (χ4n) is 7.86. The van der Waals surface area contributed by atoms with E-state index in [2.05, 4.69) is 167 Å². The lowest BCUT2D eigenvalue weighted by Crippen LogP contribution is -2.30. The molecule has 0 aromatic heterocycles. The predicted octanol–water partition coefficient (Wildman–Crippen LogP) is 20.8. The average molecular weight is 1040 g/mol. The molecular weight excluding hydrogens is 925 g/mol. The minimum atomic E-state index is -0.796. The van der Waals surface area contributed by atoms with Crippen molar-refractivity contribution in [1.82, 2.24) is 0 Å². The Bertz CT molecular complexity index is 1660. The van der Waals surface area contributed by atoms with Gasteiger partial charge in [-0.3, -0.25) is 14.4 Å². The van der Waals surface area contributed by atoms with E-state index in [-0.39, 0.29) is 31.1 Å². The summed E-state index contributed by atoms with van der Waals surface area (Å²) >= 11 is 0. The van der Waals surface area contributed by atoms with Crippen LogP contribution >= 0.6 is 0 Å². The van der Waals surface area contributed by atoms with Crippen LogP contribution in [0.15, 0.2) is 146 Å². The highest BCUT2D eigenvalue weighted by Gasteiger charge is 2.19. The van der Waals surface area contributed by atoms with E-state index in [4.69, 9.17) is 14.2 Å². The Kier molecular flexibility index (Phi) is 58.0. The molecule has 0 aliphatic heterocycles. The zero-order valence-electron chi connectivity index (χ0n) is 48.3. The van der Waals surface area contributed by atoms with Crippen molar-refractivity contribution >= 4 is 17.9 Å². The lowest BCUT2D eigenvalue weighted by Gasteiger charge is -2.18. The van der Waals surface area contributed by atoms with Crippen molar-refractivity contribution in [2.24, 2.45) is 0 Å². The molecule has 0 aromatic carbocycles. The quantitative estimate of drug-likeness (QED) is 0.0261.